The Hall–Kier alpha value is -2.93. The van der Waals surface area contributed by atoms with E-state index in [0.29, 0.717) is 18.7 Å². The van der Waals surface area contributed by atoms with Crippen molar-refractivity contribution in [2.24, 2.45) is 0 Å². The second-order valence-corrected chi connectivity index (χ2v) is 9.63. The van der Waals surface area contributed by atoms with Crippen LogP contribution >= 0.6 is 11.8 Å². The maximum absolute atomic E-state index is 12.9. The second-order valence-electron chi connectivity index (χ2n) is 8.60. The van der Waals surface area contributed by atoms with Crippen LogP contribution in [-0.2, 0) is 21.7 Å². The van der Waals surface area contributed by atoms with Crippen molar-refractivity contribution in [2.75, 3.05) is 12.3 Å². The number of alkyl carbamates (subject to hydrolysis) is 1. The fraction of sp³-hybridized carbons (Fsp3) is 0.360. The standard InChI is InChI=1S/C25H31N3O3S/c1-25(2,3)31-24(30)28-22(17-32-16-18-9-5-4-6-10-18)23(29)26-14-13-19-15-27-21-12-8-7-11-20(19)21/h4-12,15,22,27H,13-14,16-17H2,1-3H3,(H,26,29)(H,28,30)/t22-/m1/s1. The van der Waals surface area contributed by atoms with Gasteiger partial charge in [0, 0.05) is 35.2 Å². The van der Waals surface area contributed by atoms with Crippen LogP contribution in [0.5, 0.6) is 0 Å². The Kier molecular flexibility index (Phi) is 8.22. The van der Waals surface area contributed by atoms with Crippen LogP contribution in [0.4, 0.5) is 4.79 Å². The molecule has 0 fully saturated rings. The molecule has 3 N–H and O–H groups in total. The number of H-pyrrole nitrogens is 1. The maximum Gasteiger partial charge on any atom is 0.408 e. The molecule has 2 aromatic carbocycles. The summed E-state index contributed by atoms with van der Waals surface area (Å²) in [6.45, 7) is 5.88. The van der Waals surface area contributed by atoms with Gasteiger partial charge < -0.3 is 20.4 Å². The van der Waals surface area contributed by atoms with Gasteiger partial charge in [-0.2, -0.15) is 11.8 Å². The van der Waals surface area contributed by atoms with Crippen molar-refractivity contribution in [3.63, 3.8) is 0 Å². The van der Waals surface area contributed by atoms with Crippen LogP contribution in [0.25, 0.3) is 10.9 Å². The molecule has 0 saturated carbocycles. The molecule has 0 aliphatic heterocycles. The first kappa shape index (κ1) is 23.7. The van der Waals surface area contributed by atoms with Crippen LogP contribution in [0, 0.1) is 0 Å². The largest absolute Gasteiger partial charge is 0.444 e. The lowest BCUT2D eigenvalue weighted by Crippen LogP contribution is -2.50. The number of amides is 2. The highest BCUT2D eigenvalue weighted by Gasteiger charge is 2.24. The first-order chi connectivity index (χ1) is 15.3. The number of para-hydroxylation sites is 1. The minimum atomic E-state index is -0.679. The normalized spacial score (nSPS) is 12.3. The highest BCUT2D eigenvalue weighted by molar-refractivity contribution is 7.98. The molecule has 0 saturated heterocycles. The molecule has 0 bridgehead atoms. The lowest BCUT2D eigenvalue weighted by molar-refractivity contribution is -0.122. The molecule has 0 aliphatic rings. The predicted molar refractivity (Wildman–Crippen MR) is 131 cm³/mol. The Bertz CT molecular complexity index is 1030. The maximum atomic E-state index is 12.9. The average Bonchev–Trinajstić information content (AvgIpc) is 3.15. The van der Waals surface area contributed by atoms with Crippen molar-refractivity contribution >= 4 is 34.7 Å². The third-order valence-electron chi connectivity index (χ3n) is 4.77. The van der Waals surface area contributed by atoms with E-state index >= 15 is 0 Å². The molecule has 32 heavy (non-hydrogen) atoms. The highest BCUT2D eigenvalue weighted by atomic mass is 32.2. The fourth-order valence-corrected chi connectivity index (χ4v) is 4.30. The quantitative estimate of drug-likeness (QED) is 0.440. The number of rotatable bonds is 9. The second kappa shape index (κ2) is 11.1. The molecule has 170 valence electrons. The summed E-state index contributed by atoms with van der Waals surface area (Å²) in [7, 11) is 0. The smallest absolute Gasteiger partial charge is 0.408 e. The first-order valence-corrected chi connectivity index (χ1v) is 11.9. The summed E-state index contributed by atoms with van der Waals surface area (Å²) in [5.74, 6) is 1.000. The van der Waals surface area contributed by atoms with Crippen molar-refractivity contribution < 1.29 is 14.3 Å². The molecule has 0 unspecified atom stereocenters. The Morgan fingerprint density at radius 1 is 1.06 bits per heavy atom. The number of nitrogens with one attached hydrogen (secondary N) is 3. The van der Waals surface area contributed by atoms with Crippen molar-refractivity contribution in [1.29, 1.82) is 0 Å². The lowest BCUT2D eigenvalue weighted by Gasteiger charge is -2.23. The van der Waals surface area contributed by atoms with E-state index in [1.165, 1.54) is 5.56 Å². The molecule has 3 aromatic rings. The summed E-state index contributed by atoms with van der Waals surface area (Å²) >= 11 is 1.60. The van der Waals surface area contributed by atoms with Gasteiger partial charge in [0.05, 0.1) is 0 Å². The number of carbonyl (C=O) groups excluding carboxylic acids is 2. The van der Waals surface area contributed by atoms with E-state index < -0.39 is 17.7 Å². The van der Waals surface area contributed by atoms with E-state index in [1.807, 2.05) is 54.7 Å². The zero-order chi connectivity index (χ0) is 23.0. The number of aromatic nitrogens is 1. The Morgan fingerprint density at radius 3 is 2.53 bits per heavy atom. The van der Waals surface area contributed by atoms with Gasteiger partial charge in [0.2, 0.25) is 5.91 Å². The number of carbonyl (C=O) groups is 2. The van der Waals surface area contributed by atoms with Crippen molar-refractivity contribution in [1.82, 2.24) is 15.6 Å². The monoisotopic (exact) mass is 453 g/mol. The number of aromatic amines is 1. The zero-order valence-corrected chi connectivity index (χ0v) is 19.6. The molecular weight excluding hydrogens is 422 g/mol. The number of hydrogen-bond acceptors (Lipinski definition) is 4. The van der Waals surface area contributed by atoms with Crippen LogP contribution in [-0.4, -0.2) is 40.9 Å². The Labute approximate surface area is 193 Å². The number of benzene rings is 2. The van der Waals surface area contributed by atoms with Gasteiger partial charge in [0.15, 0.2) is 0 Å². The first-order valence-electron chi connectivity index (χ1n) is 10.8. The van der Waals surface area contributed by atoms with Gasteiger partial charge in [-0.05, 0) is 44.4 Å². The third kappa shape index (κ3) is 7.34. The van der Waals surface area contributed by atoms with Crippen LogP contribution in [0.3, 0.4) is 0 Å². The van der Waals surface area contributed by atoms with Crippen LogP contribution in [0.1, 0.15) is 31.9 Å². The summed E-state index contributed by atoms with van der Waals surface area (Å²) in [5.41, 5.74) is 2.78. The minimum absolute atomic E-state index is 0.212. The van der Waals surface area contributed by atoms with Crippen molar-refractivity contribution in [2.45, 2.75) is 44.6 Å². The molecule has 2 amide bonds. The van der Waals surface area contributed by atoms with E-state index in [2.05, 4.69) is 21.7 Å². The van der Waals surface area contributed by atoms with Gasteiger partial charge in [0.1, 0.15) is 11.6 Å². The SMILES string of the molecule is CC(C)(C)OC(=O)N[C@H](CSCc1ccccc1)C(=O)NCCc1c[nH]c2ccccc12. The summed E-state index contributed by atoms with van der Waals surface area (Å²) in [4.78, 5) is 28.4. The number of ether oxygens (including phenoxy) is 1. The number of fused-ring (bicyclic) bond motifs is 1. The van der Waals surface area contributed by atoms with Crippen LogP contribution in [0.15, 0.2) is 60.8 Å². The summed E-state index contributed by atoms with van der Waals surface area (Å²) in [5, 5.41) is 6.85. The van der Waals surface area contributed by atoms with E-state index in [-0.39, 0.29) is 5.91 Å². The van der Waals surface area contributed by atoms with Gasteiger partial charge in [-0.15, -0.1) is 0 Å². The van der Waals surface area contributed by atoms with Gasteiger partial charge in [-0.3, -0.25) is 4.79 Å². The van der Waals surface area contributed by atoms with E-state index in [4.69, 9.17) is 4.74 Å². The van der Waals surface area contributed by atoms with E-state index in [1.54, 1.807) is 32.5 Å². The molecule has 1 aromatic heterocycles. The van der Waals surface area contributed by atoms with Gasteiger partial charge in [0.25, 0.3) is 0 Å². The molecule has 1 heterocycles. The summed E-state index contributed by atoms with van der Waals surface area (Å²) < 4.78 is 5.35. The Morgan fingerprint density at radius 2 is 1.78 bits per heavy atom. The minimum Gasteiger partial charge on any atom is -0.444 e. The topological polar surface area (TPSA) is 83.2 Å². The van der Waals surface area contributed by atoms with Crippen LogP contribution < -0.4 is 10.6 Å². The number of hydrogen-bond donors (Lipinski definition) is 3. The third-order valence-corrected chi connectivity index (χ3v) is 5.88. The predicted octanol–water partition coefficient (Wildman–Crippen LogP) is 4.65. The molecule has 0 spiro atoms. The molecule has 3 rings (SSSR count). The molecular formula is C25H31N3O3S. The van der Waals surface area contributed by atoms with Crippen molar-refractivity contribution in [3.8, 4) is 0 Å². The molecule has 7 heteroatoms. The number of thioether (sulfide) groups is 1. The average molecular weight is 454 g/mol. The van der Waals surface area contributed by atoms with Crippen LogP contribution in [0.2, 0.25) is 0 Å². The summed E-state index contributed by atoms with van der Waals surface area (Å²) in [6.07, 6.45) is 2.09. The van der Waals surface area contributed by atoms with E-state index in [9.17, 15) is 9.59 Å². The van der Waals surface area contributed by atoms with Crippen molar-refractivity contribution in [3.05, 3.63) is 71.9 Å². The van der Waals surface area contributed by atoms with Gasteiger partial charge in [-0.1, -0.05) is 48.5 Å². The van der Waals surface area contributed by atoms with E-state index in [0.717, 1.165) is 22.2 Å². The molecule has 0 radical (unpaired) electrons. The molecule has 6 nitrogen and oxygen atoms in total. The Balaban J connectivity index is 1.56. The molecule has 1 atom stereocenters. The zero-order valence-electron chi connectivity index (χ0n) is 18.8. The lowest BCUT2D eigenvalue weighted by atomic mass is 10.1. The highest BCUT2D eigenvalue weighted by Crippen LogP contribution is 2.18. The summed E-state index contributed by atoms with van der Waals surface area (Å²) in [6, 6.07) is 17.5. The van der Waals surface area contributed by atoms with Gasteiger partial charge in [-0.25, -0.2) is 4.79 Å². The molecule has 0 aliphatic carbocycles. The fourth-order valence-electron chi connectivity index (χ4n) is 3.28. The van der Waals surface area contributed by atoms with Gasteiger partial charge >= 0.3 is 6.09 Å².